The molecular formula is C20H25N3O2S. The highest BCUT2D eigenvalue weighted by molar-refractivity contribution is 7.99. The fraction of sp³-hybridized carbons (Fsp3) is 0.400. The summed E-state index contributed by atoms with van der Waals surface area (Å²) >= 11 is 1.77. The lowest BCUT2D eigenvalue weighted by atomic mass is 10.1. The summed E-state index contributed by atoms with van der Waals surface area (Å²) in [5.74, 6) is 0.989. The van der Waals surface area contributed by atoms with Crippen molar-refractivity contribution in [2.24, 2.45) is 0 Å². The third-order valence-electron chi connectivity index (χ3n) is 4.46. The van der Waals surface area contributed by atoms with Gasteiger partial charge in [0.25, 0.3) is 0 Å². The molecule has 0 saturated carbocycles. The molecule has 26 heavy (non-hydrogen) atoms. The van der Waals surface area contributed by atoms with E-state index in [2.05, 4.69) is 22.0 Å². The minimum absolute atomic E-state index is 0.119. The zero-order chi connectivity index (χ0) is 18.2. The number of aromatic nitrogens is 1. The molecule has 138 valence electrons. The topological polar surface area (TPSA) is 45.7 Å². The Morgan fingerprint density at radius 3 is 2.69 bits per heavy atom. The van der Waals surface area contributed by atoms with E-state index in [1.54, 1.807) is 24.2 Å². The Morgan fingerprint density at radius 2 is 2.00 bits per heavy atom. The van der Waals surface area contributed by atoms with Crippen LogP contribution in [0.15, 0.2) is 59.8 Å². The van der Waals surface area contributed by atoms with Crippen molar-refractivity contribution in [2.75, 3.05) is 45.6 Å². The number of thioether (sulfide) groups is 1. The number of amides is 1. The summed E-state index contributed by atoms with van der Waals surface area (Å²) < 4.78 is 5.45. The van der Waals surface area contributed by atoms with E-state index in [4.69, 9.17) is 4.74 Å². The number of carbonyl (C=O) groups excluding carboxylic acids is 1. The van der Waals surface area contributed by atoms with Gasteiger partial charge in [-0.1, -0.05) is 24.3 Å². The number of benzene rings is 1. The van der Waals surface area contributed by atoms with Gasteiger partial charge in [-0.3, -0.25) is 14.7 Å². The first-order valence-corrected chi connectivity index (χ1v) is 9.89. The smallest absolute Gasteiger partial charge is 0.244 e. The second-order valence-electron chi connectivity index (χ2n) is 6.26. The van der Waals surface area contributed by atoms with Crippen LogP contribution in [0.3, 0.4) is 0 Å². The van der Waals surface area contributed by atoms with E-state index >= 15 is 0 Å². The summed E-state index contributed by atoms with van der Waals surface area (Å²) in [5, 5.41) is 0. The molecule has 5 nitrogen and oxygen atoms in total. The molecule has 1 saturated heterocycles. The molecule has 0 N–H and O–H groups in total. The summed E-state index contributed by atoms with van der Waals surface area (Å²) in [4.78, 5) is 22.7. The maximum atomic E-state index is 13.2. The van der Waals surface area contributed by atoms with Crippen LogP contribution in [0.1, 0.15) is 11.6 Å². The first-order valence-electron chi connectivity index (χ1n) is 8.90. The van der Waals surface area contributed by atoms with Gasteiger partial charge in [-0.05, 0) is 23.8 Å². The normalized spacial score (nSPS) is 16.2. The van der Waals surface area contributed by atoms with Gasteiger partial charge >= 0.3 is 0 Å². The number of hydrogen-bond donors (Lipinski definition) is 0. The molecular weight excluding hydrogens is 346 g/mol. The molecule has 1 aliphatic heterocycles. The highest BCUT2D eigenvalue weighted by Crippen LogP contribution is 2.24. The number of carbonyl (C=O) groups is 1. The maximum Gasteiger partial charge on any atom is 0.244 e. The Labute approximate surface area is 159 Å². The molecule has 0 unspecified atom stereocenters. The molecule has 0 aliphatic carbocycles. The van der Waals surface area contributed by atoms with Gasteiger partial charge in [-0.25, -0.2) is 0 Å². The standard InChI is InChI=1S/C20H25N3O2S/c1-22(12-15-26-18-7-3-2-4-8-18)20(24)19(17-6-5-9-21-16-17)23-10-13-25-14-11-23/h2-9,16,19H,10-15H2,1H3/t19-/m0/s1. The highest BCUT2D eigenvalue weighted by atomic mass is 32.2. The summed E-state index contributed by atoms with van der Waals surface area (Å²) in [6.45, 7) is 3.56. The van der Waals surface area contributed by atoms with E-state index < -0.39 is 0 Å². The Kier molecular flexibility index (Phi) is 7.05. The zero-order valence-electron chi connectivity index (χ0n) is 15.1. The van der Waals surface area contributed by atoms with Crippen molar-refractivity contribution in [3.63, 3.8) is 0 Å². The lowest BCUT2D eigenvalue weighted by Gasteiger charge is -2.35. The van der Waals surface area contributed by atoms with Crippen LogP contribution in [-0.2, 0) is 9.53 Å². The Morgan fingerprint density at radius 1 is 1.23 bits per heavy atom. The summed E-state index contributed by atoms with van der Waals surface area (Å²) in [7, 11) is 1.89. The first-order chi connectivity index (χ1) is 12.8. The molecule has 1 amide bonds. The Hall–Kier alpha value is -1.89. The van der Waals surface area contributed by atoms with Gasteiger partial charge in [0.05, 0.1) is 13.2 Å². The molecule has 1 aliphatic rings. The molecule has 6 heteroatoms. The number of rotatable bonds is 7. The van der Waals surface area contributed by atoms with Gasteiger partial charge in [0.1, 0.15) is 6.04 Å². The summed E-state index contributed by atoms with van der Waals surface area (Å²) in [6.07, 6.45) is 3.54. The molecule has 1 fully saturated rings. The van der Waals surface area contributed by atoms with Gasteiger partial charge in [0.2, 0.25) is 5.91 Å². The van der Waals surface area contributed by atoms with E-state index in [0.717, 1.165) is 24.4 Å². The molecule has 0 radical (unpaired) electrons. The van der Waals surface area contributed by atoms with Crippen LogP contribution < -0.4 is 0 Å². The van der Waals surface area contributed by atoms with E-state index in [1.165, 1.54) is 4.90 Å². The average molecular weight is 372 g/mol. The van der Waals surface area contributed by atoms with Crippen molar-refractivity contribution in [3.8, 4) is 0 Å². The lowest BCUT2D eigenvalue weighted by Crippen LogP contribution is -2.46. The van der Waals surface area contributed by atoms with Gasteiger partial charge < -0.3 is 9.64 Å². The molecule has 0 spiro atoms. The van der Waals surface area contributed by atoms with Gasteiger partial charge in [-0.15, -0.1) is 11.8 Å². The second-order valence-corrected chi connectivity index (χ2v) is 7.43. The highest BCUT2D eigenvalue weighted by Gasteiger charge is 2.31. The van der Waals surface area contributed by atoms with Crippen LogP contribution >= 0.6 is 11.8 Å². The van der Waals surface area contributed by atoms with Crippen LogP contribution in [0.25, 0.3) is 0 Å². The van der Waals surface area contributed by atoms with Crippen LogP contribution in [0, 0.1) is 0 Å². The predicted molar refractivity (Wildman–Crippen MR) is 104 cm³/mol. The van der Waals surface area contributed by atoms with Gasteiger partial charge in [-0.2, -0.15) is 0 Å². The molecule has 0 bridgehead atoms. The number of hydrogen-bond acceptors (Lipinski definition) is 5. The predicted octanol–water partition coefficient (Wildman–Crippen LogP) is 2.71. The number of nitrogens with zero attached hydrogens (tertiary/aromatic N) is 3. The number of morpholine rings is 1. The monoisotopic (exact) mass is 371 g/mol. The average Bonchev–Trinajstić information content (AvgIpc) is 2.70. The van der Waals surface area contributed by atoms with Crippen molar-refractivity contribution >= 4 is 17.7 Å². The van der Waals surface area contributed by atoms with Crippen molar-refractivity contribution in [2.45, 2.75) is 10.9 Å². The van der Waals surface area contributed by atoms with Crippen molar-refractivity contribution in [1.29, 1.82) is 0 Å². The van der Waals surface area contributed by atoms with Crippen LogP contribution in [0.2, 0.25) is 0 Å². The van der Waals surface area contributed by atoms with E-state index in [1.807, 2.05) is 42.3 Å². The SMILES string of the molecule is CN(CCSc1ccccc1)C(=O)[C@H](c1cccnc1)N1CCOCC1. The zero-order valence-corrected chi connectivity index (χ0v) is 15.9. The van der Waals surface area contributed by atoms with Crippen LogP contribution in [0.5, 0.6) is 0 Å². The third-order valence-corrected chi connectivity index (χ3v) is 5.45. The molecule has 1 atom stereocenters. The molecule has 2 heterocycles. The van der Waals surface area contributed by atoms with Gasteiger partial charge in [0, 0.05) is 49.7 Å². The summed E-state index contributed by atoms with van der Waals surface area (Å²) in [5.41, 5.74) is 0.946. The molecule has 3 rings (SSSR count). The Balaban J connectivity index is 1.64. The van der Waals surface area contributed by atoms with E-state index in [9.17, 15) is 4.79 Å². The van der Waals surface area contributed by atoms with Gasteiger partial charge in [0.15, 0.2) is 0 Å². The minimum Gasteiger partial charge on any atom is -0.379 e. The number of likely N-dealkylation sites (N-methyl/N-ethyl adjacent to an activating group) is 1. The van der Waals surface area contributed by atoms with Crippen molar-refractivity contribution in [3.05, 3.63) is 60.4 Å². The van der Waals surface area contributed by atoms with Crippen LogP contribution in [0.4, 0.5) is 0 Å². The molecule has 1 aromatic carbocycles. The molecule has 1 aromatic heterocycles. The first kappa shape index (κ1) is 18.9. The van der Waals surface area contributed by atoms with E-state index in [-0.39, 0.29) is 11.9 Å². The quantitative estimate of drug-likeness (QED) is 0.701. The fourth-order valence-electron chi connectivity index (χ4n) is 3.02. The fourth-order valence-corrected chi connectivity index (χ4v) is 3.97. The lowest BCUT2D eigenvalue weighted by molar-refractivity contribution is -0.137. The largest absolute Gasteiger partial charge is 0.379 e. The van der Waals surface area contributed by atoms with Crippen molar-refractivity contribution in [1.82, 2.24) is 14.8 Å². The summed E-state index contributed by atoms with van der Waals surface area (Å²) in [6, 6.07) is 13.9. The number of pyridine rings is 1. The number of ether oxygens (including phenoxy) is 1. The maximum absolute atomic E-state index is 13.2. The van der Waals surface area contributed by atoms with Crippen molar-refractivity contribution < 1.29 is 9.53 Å². The minimum atomic E-state index is -0.292. The second kappa shape index (κ2) is 9.71. The molecule has 2 aromatic rings. The Bertz CT molecular complexity index is 678. The van der Waals surface area contributed by atoms with E-state index in [0.29, 0.717) is 19.8 Å². The van der Waals surface area contributed by atoms with Crippen LogP contribution in [-0.4, -0.2) is 66.3 Å². The third kappa shape index (κ3) is 5.06.